The third-order valence-electron chi connectivity index (χ3n) is 2.06. The maximum absolute atomic E-state index is 5.37. The van der Waals surface area contributed by atoms with E-state index in [1.54, 1.807) is 18.4 Å². The zero-order chi connectivity index (χ0) is 10.4. The van der Waals surface area contributed by atoms with Crippen LogP contribution in [0.15, 0.2) is 43.2 Å². The maximum Gasteiger partial charge on any atom is 0.350 e. The van der Waals surface area contributed by atoms with Gasteiger partial charge in [-0.1, -0.05) is 30.9 Å². The van der Waals surface area contributed by atoms with E-state index in [0.717, 1.165) is 0 Å². The predicted octanol–water partition coefficient (Wildman–Crippen LogP) is 2.26. The van der Waals surface area contributed by atoms with E-state index < -0.39 is 0 Å². The van der Waals surface area contributed by atoms with Crippen LogP contribution < -0.4 is 5.19 Å². The topological polar surface area (TPSA) is 9.23 Å². The van der Waals surface area contributed by atoms with Gasteiger partial charge in [0.2, 0.25) is 0 Å². The smallest absolute Gasteiger partial charge is 0.350 e. The molecule has 0 N–H and O–H groups in total. The van der Waals surface area contributed by atoms with Gasteiger partial charge in [0.15, 0.2) is 0 Å². The van der Waals surface area contributed by atoms with Crippen LogP contribution in [0.5, 0.6) is 0 Å². The molecule has 72 valence electrons. The highest BCUT2D eigenvalue weighted by Crippen LogP contribution is 2.01. The molecule has 0 aliphatic heterocycles. The number of hydrogen-bond acceptors (Lipinski definition) is 1. The summed E-state index contributed by atoms with van der Waals surface area (Å²) in [5.41, 5.74) is 2.63. The van der Waals surface area contributed by atoms with Gasteiger partial charge in [-0.3, -0.25) is 0 Å². The lowest BCUT2D eigenvalue weighted by Crippen LogP contribution is -2.19. The molecule has 0 aromatic heterocycles. The molecule has 0 saturated heterocycles. The summed E-state index contributed by atoms with van der Waals surface area (Å²) in [5.74, 6) is 0. The molecule has 1 aromatic carbocycles. The molecule has 0 atom stereocenters. The molecule has 0 unspecified atom stereocenters. The van der Waals surface area contributed by atoms with Crippen molar-refractivity contribution in [3.8, 4) is 0 Å². The molecule has 2 heteroatoms. The number of benzene rings is 1. The van der Waals surface area contributed by atoms with E-state index in [9.17, 15) is 0 Å². The standard InChI is InChI=1S/C12H14OSi/c1-4-5-9-13-14-12-8-6-7-10(2)11(12)3/h4-9H,1H2,2-3H3. The molecule has 0 fully saturated rings. The summed E-state index contributed by atoms with van der Waals surface area (Å²) in [6.45, 7) is 7.81. The fourth-order valence-electron chi connectivity index (χ4n) is 1.05. The van der Waals surface area contributed by atoms with Crippen LogP contribution in [0.4, 0.5) is 0 Å². The van der Waals surface area contributed by atoms with Crippen LogP contribution in [-0.4, -0.2) is 9.76 Å². The zero-order valence-electron chi connectivity index (χ0n) is 8.58. The summed E-state index contributed by atoms with van der Waals surface area (Å²) in [7, 11) is 0.375. The normalized spacial score (nSPS) is 10.4. The van der Waals surface area contributed by atoms with Crippen LogP contribution in [0.3, 0.4) is 0 Å². The van der Waals surface area contributed by atoms with Crippen molar-refractivity contribution in [1.82, 2.24) is 0 Å². The molecule has 0 amide bonds. The summed E-state index contributed by atoms with van der Waals surface area (Å²) in [6.07, 6.45) is 5.17. The van der Waals surface area contributed by atoms with Gasteiger partial charge in [0.05, 0.1) is 6.26 Å². The van der Waals surface area contributed by atoms with Crippen molar-refractivity contribution in [2.45, 2.75) is 13.8 Å². The van der Waals surface area contributed by atoms with Crippen molar-refractivity contribution >= 4 is 14.9 Å². The quantitative estimate of drug-likeness (QED) is 0.413. The molecule has 14 heavy (non-hydrogen) atoms. The van der Waals surface area contributed by atoms with Crippen molar-refractivity contribution < 1.29 is 4.43 Å². The molecule has 1 aromatic rings. The van der Waals surface area contributed by atoms with Crippen molar-refractivity contribution in [2.24, 2.45) is 0 Å². The lowest BCUT2D eigenvalue weighted by Gasteiger charge is -2.05. The van der Waals surface area contributed by atoms with Crippen molar-refractivity contribution in [3.05, 3.63) is 54.3 Å². The maximum atomic E-state index is 5.37. The minimum Gasteiger partial charge on any atom is -0.541 e. The number of rotatable bonds is 4. The van der Waals surface area contributed by atoms with E-state index in [1.165, 1.54) is 16.3 Å². The third kappa shape index (κ3) is 2.89. The highest BCUT2D eigenvalue weighted by atomic mass is 28.2. The first-order valence-electron chi connectivity index (χ1n) is 4.51. The second-order valence-corrected chi connectivity index (χ2v) is 4.01. The highest BCUT2D eigenvalue weighted by Gasteiger charge is 2.02. The predicted molar refractivity (Wildman–Crippen MR) is 61.7 cm³/mol. The largest absolute Gasteiger partial charge is 0.541 e. The first-order valence-corrected chi connectivity index (χ1v) is 5.42. The lowest BCUT2D eigenvalue weighted by molar-refractivity contribution is 0.524. The molecule has 0 spiro atoms. The second-order valence-electron chi connectivity index (χ2n) is 3.03. The molecule has 0 heterocycles. The van der Waals surface area contributed by atoms with Crippen LogP contribution in [0.25, 0.3) is 0 Å². The minimum atomic E-state index is 0.375. The molecule has 0 bridgehead atoms. The van der Waals surface area contributed by atoms with Crippen molar-refractivity contribution in [2.75, 3.05) is 0 Å². The van der Waals surface area contributed by atoms with Gasteiger partial charge < -0.3 is 4.43 Å². The molecule has 1 rings (SSSR count). The summed E-state index contributed by atoms with van der Waals surface area (Å²) in [4.78, 5) is 0. The molecular formula is C12H14OSi. The Bertz CT molecular complexity index is 342. The van der Waals surface area contributed by atoms with Crippen LogP contribution in [0.1, 0.15) is 11.1 Å². The summed E-state index contributed by atoms with van der Waals surface area (Å²) in [5, 5.41) is 1.26. The van der Waals surface area contributed by atoms with Crippen molar-refractivity contribution in [1.29, 1.82) is 0 Å². The Labute approximate surface area is 88.1 Å². The summed E-state index contributed by atoms with van der Waals surface area (Å²) >= 11 is 0. The van der Waals surface area contributed by atoms with Gasteiger partial charge in [0.1, 0.15) is 0 Å². The molecular weight excluding hydrogens is 188 g/mol. The van der Waals surface area contributed by atoms with E-state index >= 15 is 0 Å². The summed E-state index contributed by atoms with van der Waals surface area (Å²) in [6, 6.07) is 6.27. The van der Waals surface area contributed by atoms with Gasteiger partial charge in [-0.2, -0.15) is 0 Å². The summed E-state index contributed by atoms with van der Waals surface area (Å²) < 4.78 is 5.37. The Morgan fingerprint density at radius 3 is 2.86 bits per heavy atom. The van der Waals surface area contributed by atoms with Gasteiger partial charge in [0, 0.05) is 0 Å². The monoisotopic (exact) mass is 202 g/mol. The first-order chi connectivity index (χ1) is 6.75. The zero-order valence-corrected chi connectivity index (χ0v) is 9.58. The fourth-order valence-corrected chi connectivity index (χ4v) is 1.84. The average molecular weight is 202 g/mol. The molecule has 0 saturated carbocycles. The van der Waals surface area contributed by atoms with E-state index in [1.807, 2.05) is 0 Å². The second kappa shape index (κ2) is 5.45. The Hall–Kier alpha value is -1.28. The molecule has 2 radical (unpaired) electrons. The van der Waals surface area contributed by atoms with E-state index in [2.05, 4.69) is 38.6 Å². The third-order valence-corrected chi connectivity index (χ3v) is 3.07. The van der Waals surface area contributed by atoms with Gasteiger partial charge >= 0.3 is 9.76 Å². The first kappa shape index (κ1) is 10.8. The Morgan fingerprint density at radius 1 is 1.36 bits per heavy atom. The lowest BCUT2D eigenvalue weighted by atomic mass is 10.1. The van der Waals surface area contributed by atoms with Crippen LogP contribution >= 0.6 is 0 Å². The number of aryl methyl sites for hydroxylation is 1. The van der Waals surface area contributed by atoms with Crippen LogP contribution in [0, 0.1) is 13.8 Å². The van der Waals surface area contributed by atoms with Gasteiger partial charge in [-0.15, -0.1) is 0 Å². The Balaban J connectivity index is 2.63. The van der Waals surface area contributed by atoms with E-state index in [-0.39, 0.29) is 0 Å². The average Bonchev–Trinajstić information content (AvgIpc) is 2.19. The molecule has 1 nitrogen and oxygen atoms in total. The number of hydrogen-bond donors (Lipinski definition) is 0. The van der Waals surface area contributed by atoms with E-state index in [0.29, 0.717) is 9.76 Å². The Morgan fingerprint density at radius 2 is 2.14 bits per heavy atom. The minimum absolute atomic E-state index is 0.375. The van der Waals surface area contributed by atoms with Gasteiger partial charge in [0.25, 0.3) is 0 Å². The highest BCUT2D eigenvalue weighted by molar-refractivity contribution is 6.47. The van der Waals surface area contributed by atoms with Crippen LogP contribution in [0.2, 0.25) is 0 Å². The van der Waals surface area contributed by atoms with Crippen LogP contribution in [-0.2, 0) is 4.43 Å². The Kier molecular flexibility index (Phi) is 4.20. The number of allylic oxidation sites excluding steroid dienone is 2. The van der Waals surface area contributed by atoms with Crippen molar-refractivity contribution in [3.63, 3.8) is 0 Å². The van der Waals surface area contributed by atoms with E-state index in [4.69, 9.17) is 4.43 Å². The SMILES string of the molecule is C=CC=CO[Si]c1cccc(C)c1C. The molecule has 0 aliphatic rings. The van der Waals surface area contributed by atoms with Gasteiger partial charge in [-0.05, 0) is 36.2 Å². The fraction of sp³-hybridized carbons (Fsp3) is 0.167. The van der Waals surface area contributed by atoms with Gasteiger partial charge in [-0.25, -0.2) is 0 Å². The molecule has 0 aliphatic carbocycles.